The van der Waals surface area contributed by atoms with Gasteiger partial charge in [-0.2, -0.15) is 0 Å². The molecular formula is C7H11ClO. The molecule has 0 radical (unpaired) electrons. The third-order valence-corrected chi connectivity index (χ3v) is 1.06. The van der Waals surface area contributed by atoms with Crippen molar-refractivity contribution in [3.8, 4) is 0 Å². The van der Waals surface area contributed by atoms with Crippen molar-refractivity contribution >= 4 is 11.6 Å². The monoisotopic (exact) mass is 146 g/mol. The van der Waals surface area contributed by atoms with Gasteiger partial charge in [-0.05, 0) is 6.92 Å². The molecule has 0 heterocycles. The maximum absolute atomic E-state index is 8.39. The summed E-state index contributed by atoms with van der Waals surface area (Å²) < 4.78 is 0. The van der Waals surface area contributed by atoms with Gasteiger partial charge in [-0.25, -0.2) is 0 Å². The van der Waals surface area contributed by atoms with E-state index in [0.29, 0.717) is 5.88 Å². The highest BCUT2D eigenvalue weighted by Gasteiger charge is 1.76. The average Bonchev–Trinajstić information content (AvgIpc) is 1.85. The summed E-state index contributed by atoms with van der Waals surface area (Å²) in [4.78, 5) is 0. The van der Waals surface area contributed by atoms with Crippen LogP contribution in [0.5, 0.6) is 0 Å². The van der Waals surface area contributed by atoms with Gasteiger partial charge in [0.25, 0.3) is 0 Å². The van der Waals surface area contributed by atoms with E-state index in [0.717, 1.165) is 5.57 Å². The Morgan fingerprint density at radius 1 is 1.67 bits per heavy atom. The molecule has 0 aliphatic rings. The first-order chi connectivity index (χ1) is 4.31. The number of halogens is 1. The summed E-state index contributed by atoms with van der Waals surface area (Å²) in [6.07, 6.45) is 5.44. The van der Waals surface area contributed by atoms with E-state index >= 15 is 0 Å². The van der Waals surface area contributed by atoms with E-state index in [1.807, 2.05) is 19.1 Å². The Morgan fingerprint density at radius 3 is 2.78 bits per heavy atom. The topological polar surface area (TPSA) is 20.2 Å². The van der Waals surface area contributed by atoms with Gasteiger partial charge in [-0.1, -0.05) is 23.8 Å². The Morgan fingerprint density at radius 2 is 2.33 bits per heavy atom. The Hall–Kier alpha value is -0.270. The summed E-state index contributed by atoms with van der Waals surface area (Å²) in [6, 6.07) is 0. The molecule has 0 fully saturated rings. The predicted molar refractivity (Wildman–Crippen MR) is 40.7 cm³/mol. The SMILES string of the molecule is CC(C=CCCl)=CCO. The maximum Gasteiger partial charge on any atom is 0.0617 e. The van der Waals surface area contributed by atoms with Crippen molar-refractivity contribution in [2.24, 2.45) is 0 Å². The van der Waals surface area contributed by atoms with Gasteiger partial charge >= 0.3 is 0 Å². The Labute approximate surface area is 60.6 Å². The van der Waals surface area contributed by atoms with Gasteiger partial charge in [-0.15, -0.1) is 11.6 Å². The molecule has 0 unspecified atom stereocenters. The van der Waals surface area contributed by atoms with Crippen LogP contribution in [0.25, 0.3) is 0 Å². The number of aliphatic hydroxyl groups is 1. The molecule has 9 heavy (non-hydrogen) atoms. The molecule has 0 aromatic heterocycles. The molecule has 0 saturated heterocycles. The van der Waals surface area contributed by atoms with Crippen LogP contribution in [0.4, 0.5) is 0 Å². The second-order valence-corrected chi connectivity index (χ2v) is 2.00. The Kier molecular flexibility index (Phi) is 5.68. The first kappa shape index (κ1) is 8.73. The second-order valence-electron chi connectivity index (χ2n) is 1.69. The second kappa shape index (κ2) is 5.86. The van der Waals surface area contributed by atoms with Crippen LogP contribution in [0.3, 0.4) is 0 Å². The van der Waals surface area contributed by atoms with Crippen LogP contribution in [0.2, 0.25) is 0 Å². The van der Waals surface area contributed by atoms with E-state index in [1.165, 1.54) is 0 Å². The predicted octanol–water partition coefficient (Wildman–Crippen LogP) is 1.72. The molecule has 0 aromatic carbocycles. The molecule has 0 atom stereocenters. The quantitative estimate of drug-likeness (QED) is 0.475. The van der Waals surface area contributed by atoms with Crippen molar-refractivity contribution in [1.82, 2.24) is 0 Å². The molecule has 0 saturated carbocycles. The van der Waals surface area contributed by atoms with Crippen LogP contribution < -0.4 is 0 Å². The molecular weight excluding hydrogens is 136 g/mol. The van der Waals surface area contributed by atoms with Crippen molar-refractivity contribution in [3.63, 3.8) is 0 Å². The molecule has 0 aliphatic heterocycles. The summed E-state index contributed by atoms with van der Waals surface area (Å²) >= 11 is 5.37. The van der Waals surface area contributed by atoms with Crippen molar-refractivity contribution in [1.29, 1.82) is 0 Å². The Bertz CT molecular complexity index is 116. The number of allylic oxidation sites excluding steroid dienone is 3. The third-order valence-electron chi connectivity index (χ3n) is 0.883. The molecule has 0 spiro atoms. The lowest BCUT2D eigenvalue weighted by atomic mass is 10.3. The fraction of sp³-hybridized carbons (Fsp3) is 0.429. The lowest BCUT2D eigenvalue weighted by Crippen LogP contribution is -1.75. The normalized spacial score (nSPS) is 13.0. The molecule has 2 heteroatoms. The van der Waals surface area contributed by atoms with Crippen LogP contribution in [-0.2, 0) is 0 Å². The van der Waals surface area contributed by atoms with E-state index in [1.54, 1.807) is 6.08 Å². The molecule has 0 amide bonds. The highest BCUT2D eigenvalue weighted by atomic mass is 35.5. The Balaban J connectivity index is 3.60. The zero-order valence-electron chi connectivity index (χ0n) is 5.47. The number of aliphatic hydroxyl groups excluding tert-OH is 1. The fourth-order valence-electron chi connectivity index (χ4n) is 0.442. The van der Waals surface area contributed by atoms with Crippen molar-refractivity contribution < 1.29 is 5.11 Å². The van der Waals surface area contributed by atoms with E-state index in [9.17, 15) is 0 Å². The van der Waals surface area contributed by atoms with Gasteiger partial charge in [0, 0.05) is 5.88 Å². The van der Waals surface area contributed by atoms with Crippen LogP contribution in [0, 0.1) is 0 Å². The van der Waals surface area contributed by atoms with Gasteiger partial charge in [0.05, 0.1) is 6.61 Å². The van der Waals surface area contributed by atoms with Crippen molar-refractivity contribution in [2.45, 2.75) is 6.92 Å². The summed E-state index contributed by atoms with van der Waals surface area (Å²) in [5.74, 6) is 0.524. The minimum atomic E-state index is 0.0957. The highest BCUT2D eigenvalue weighted by Crippen LogP contribution is 1.93. The minimum absolute atomic E-state index is 0.0957. The van der Waals surface area contributed by atoms with Gasteiger partial charge in [-0.3, -0.25) is 0 Å². The van der Waals surface area contributed by atoms with Crippen LogP contribution in [0.15, 0.2) is 23.8 Å². The van der Waals surface area contributed by atoms with Crippen LogP contribution >= 0.6 is 11.6 Å². The summed E-state index contributed by atoms with van der Waals surface area (Å²) in [5, 5.41) is 8.39. The molecule has 0 aliphatic carbocycles. The molecule has 0 rings (SSSR count). The van der Waals surface area contributed by atoms with Crippen molar-refractivity contribution in [2.75, 3.05) is 12.5 Å². The first-order valence-corrected chi connectivity index (χ1v) is 3.35. The van der Waals surface area contributed by atoms with Gasteiger partial charge < -0.3 is 5.11 Å². The van der Waals surface area contributed by atoms with Gasteiger partial charge in [0.1, 0.15) is 0 Å². The summed E-state index contributed by atoms with van der Waals surface area (Å²) in [7, 11) is 0. The highest BCUT2D eigenvalue weighted by molar-refractivity contribution is 6.18. The average molecular weight is 147 g/mol. The minimum Gasteiger partial charge on any atom is -0.392 e. The van der Waals surface area contributed by atoms with Gasteiger partial charge in [0.15, 0.2) is 0 Å². The van der Waals surface area contributed by atoms with Crippen LogP contribution in [0.1, 0.15) is 6.92 Å². The van der Waals surface area contributed by atoms with E-state index in [-0.39, 0.29) is 6.61 Å². The molecule has 52 valence electrons. The molecule has 0 aromatic rings. The molecule has 0 bridgehead atoms. The van der Waals surface area contributed by atoms with Gasteiger partial charge in [0.2, 0.25) is 0 Å². The smallest absolute Gasteiger partial charge is 0.0617 e. The molecule has 1 N–H and O–H groups in total. The first-order valence-electron chi connectivity index (χ1n) is 2.81. The summed E-state index contributed by atoms with van der Waals surface area (Å²) in [5.41, 5.74) is 1.04. The largest absolute Gasteiger partial charge is 0.392 e. The zero-order chi connectivity index (χ0) is 7.11. The fourth-order valence-corrected chi connectivity index (χ4v) is 0.532. The lowest BCUT2D eigenvalue weighted by molar-refractivity contribution is 0.342. The van der Waals surface area contributed by atoms with E-state index < -0.39 is 0 Å². The third kappa shape index (κ3) is 5.60. The summed E-state index contributed by atoms with van der Waals surface area (Å²) in [6.45, 7) is 2.01. The number of alkyl halides is 1. The van der Waals surface area contributed by atoms with E-state index in [4.69, 9.17) is 16.7 Å². The molecule has 1 nitrogen and oxygen atoms in total. The zero-order valence-corrected chi connectivity index (χ0v) is 6.23. The number of hydrogen-bond donors (Lipinski definition) is 1. The number of rotatable bonds is 3. The number of hydrogen-bond acceptors (Lipinski definition) is 1. The lowest BCUT2D eigenvalue weighted by Gasteiger charge is -1.86. The van der Waals surface area contributed by atoms with E-state index in [2.05, 4.69) is 0 Å². The van der Waals surface area contributed by atoms with Crippen LogP contribution in [-0.4, -0.2) is 17.6 Å². The van der Waals surface area contributed by atoms with Crippen molar-refractivity contribution in [3.05, 3.63) is 23.8 Å². The standard InChI is InChI=1S/C7H11ClO/c1-7(4-6-9)3-2-5-8/h2-4,9H,5-6H2,1H3. The maximum atomic E-state index is 8.39.